The Balaban J connectivity index is 2.03. The molecule has 6 nitrogen and oxygen atoms in total. The molecule has 1 heterocycles. The van der Waals surface area contributed by atoms with Crippen molar-refractivity contribution in [3.8, 4) is 5.75 Å². The number of halogens is 3. The molecule has 1 aliphatic rings. The lowest BCUT2D eigenvalue weighted by atomic mass is 10.0. The van der Waals surface area contributed by atoms with Gasteiger partial charge in [0.15, 0.2) is 17.7 Å². The Labute approximate surface area is 219 Å². The zero-order valence-electron chi connectivity index (χ0n) is 20.2. The maximum atomic E-state index is 15.0. The fourth-order valence-electron chi connectivity index (χ4n) is 4.52. The highest BCUT2D eigenvalue weighted by atomic mass is 35.5. The molecule has 0 aromatic heterocycles. The molecule has 0 saturated heterocycles. The molecule has 36 heavy (non-hydrogen) atoms. The number of rotatable bonds is 7. The van der Waals surface area contributed by atoms with Crippen LogP contribution in [0, 0.1) is 12.7 Å². The zero-order chi connectivity index (χ0) is 26.1. The van der Waals surface area contributed by atoms with Gasteiger partial charge in [0.05, 0.1) is 23.5 Å². The van der Waals surface area contributed by atoms with E-state index in [4.69, 9.17) is 27.9 Å². The van der Waals surface area contributed by atoms with E-state index in [2.05, 4.69) is 5.43 Å². The highest BCUT2D eigenvalue weighted by Crippen LogP contribution is 2.48. The van der Waals surface area contributed by atoms with E-state index in [1.54, 1.807) is 37.4 Å². The third kappa shape index (κ3) is 4.56. The molecule has 0 amide bonds. The Kier molecular flexibility index (Phi) is 7.33. The molecule has 0 fully saturated rings. The highest BCUT2D eigenvalue weighted by Gasteiger charge is 2.46. The molecule has 0 aliphatic carbocycles. The molecule has 0 radical (unpaired) electrons. The first-order valence-corrected chi connectivity index (χ1v) is 12.1. The lowest BCUT2D eigenvalue weighted by Gasteiger charge is -2.38. The van der Waals surface area contributed by atoms with Gasteiger partial charge in [-0.3, -0.25) is 10.4 Å². The van der Waals surface area contributed by atoms with Crippen LogP contribution in [-0.4, -0.2) is 34.1 Å². The van der Waals surface area contributed by atoms with Crippen molar-refractivity contribution in [1.82, 2.24) is 9.91 Å². The fraction of sp³-hybridized carbons (Fsp3) is 0.222. The van der Waals surface area contributed by atoms with Gasteiger partial charge in [-0.05, 0) is 56.7 Å². The smallest absolute Gasteiger partial charge is 0.356 e. The number of hydrazine groups is 1. The van der Waals surface area contributed by atoms with Gasteiger partial charge < -0.3 is 14.7 Å². The summed E-state index contributed by atoms with van der Waals surface area (Å²) in [7, 11) is 1.55. The number of ether oxygens (including phenoxy) is 1. The minimum Gasteiger partial charge on any atom is -0.496 e. The van der Waals surface area contributed by atoms with Crippen LogP contribution in [0.5, 0.6) is 5.75 Å². The van der Waals surface area contributed by atoms with E-state index in [9.17, 15) is 9.90 Å². The number of benzene rings is 3. The second-order valence-electron chi connectivity index (χ2n) is 8.66. The van der Waals surface area contributed by atoms with Crippen LogP contribution in [0.4, 0.5) is 10.1 Å². The Bertz CT molecular complexity index is 1350. The normalized spacial score (nSPS) is 15.6. The average molecular weight is 530 g/mol. The first-order chi connectivity index (χ1) is 17.1. The van der Waals surface area contributed by atoms with Crippen molar-refractivity contribution < 1.29 is 19.0 Å². The van der Waals surface area contributed by atoms with Crippen molar-refractivity contribution in [1.29, 1.82) is 0 Å². The van der Waals surface area contributed by atoms with Gasteiger partial charge in [-0.2, -0.15) is 0 Å². The number of nitrogens with zero attached hydrogens (tertiary/aromatic N) is 2. The molecular weight excluding hydrogens is 504 g/mol. The number of methoxy groups -OCH3 is 1. The van der Waals surface area contributed by atoms with Crippen molar-refractivity contribution in [3.63, 3.8) is 0 Å². The van der Waals surface area contributed by atoms with Gasteiger partial charge in [0.2, 0.25) is 0 Å². The van der Waals surface area contributed by atoms with Crippen molar-refractivity contribution in [2.24, 2.45) is 0 Å². The summed E-state index contributed by atoms with van der Waals surface area (Å²) in [6.45, 7) is 5.81. The number of nitrogens with one attached hydrogen (secondary N) is 1. The van der Waals surface area contributed by atoms with Crippen molar-refractivity contribution >= 4 is 40.6 Å². The van der Waals surface area contributed by atoms with Crippen molar-refractivity contribution in [2.75, 3.05) is 12.5 Å². The van der Waals surface area contributed by atoms with Crippen LogP contribution in [0.3, 0.4) is 0 Å². The van der Waals surface area contributed by atoms with E-state index >= 15 is 4.39 Å². The number of aliphatic carboxylic acids is 1. The first kappa shape index (κ1) is 25.7. The van der Waals surface area contributed by atoms with Crippen LogP contribution in [0.15, 0.2) is 66.4 Å². The Hall–Kier alpha value is -3.42. The number of hydrogen-bond acceptors (Lipinski definition) is 5. The van der Waals surface area contributed by atoms with Crippen molar-refractivity contribution in [2.45, 2.75) is 33.0 Å². The van der Waals surface area contributed by atoms with Crippen LogP contribution in [0.2, 0.25) is 10.0 Å². The molecule has 3 aromatic rings. The number of anilines is 1. The van der Waals surface area contributed by atoms with E-state index in [0.717, 1.165) is 5.56 Å². The van der Waals surface area contributed by atoms with E-state index in [1.807, 2.05) is 43.9 Å². The summed E-state index contributed by atoms with van der Waals surface area (Å²) < 4.78 is 20.6. The first-order valence-electron chi connectivity index (χ1n) is 11.3. The quantitative estimate of drug-likeness (QED) is 0.345. The third-order valence-electron chi connectivity index (χ3n) is 6.04. The minimum atomic E-state index is -1.18. The number of carbonyl (C=O) groups is 1. The summed E-state index contributed by atoms with van der Waals surface area (Å²) in [6.07, 6.45) is -0.698. The van der Waals surface area contributed by atoms with Crippen LogP contribution >= 0.6 is 23.2 Å². The Morgan fingerprint density at radius 1 is 1.11 bits per heavy atom. The number of carboxylic acid groups (broad SMARTS) is 1. The predicted octanol–water partition coefficient (Wildman–Crippen LogP) is 6.95. The van der Waals surface area contributed by atoms with Crippen molar-refractivity contribution in [3.05, 3.63) is 98.9 Å². The van der Waals surface area contributed by atoms with Gasteiger partial charge in [-0.1, -0.05) is 53.5 Å². The van der Waals surface area contributed by atoms with E-state index in [0.29, 0.717) is 27.6 Å². The van der Waals surface area contributed by atoms with Gasteiger partial charge in [0.1, 0.15) is 5.75 Å². The molecule has 0 spiro atoms. The highest BCUT2D eigenvalue weighted by molar-refractivity contribution is 6.31. The summed E-state index contributed by atoms with van der Waals surface area (Å²) in [4.78, 5) is 14.9. The lowest BCUT2D eigenvalue weighted by Crippen LogP contribution is -2.40. The Morgan fingerprint density at radius 2 is 1.83 bits per heavy atom. The topological polar surface area (TPSA) is 65.0 Å². The molecule has 4 rings (SSSR count). The van der Waals surface area contributed by atoms with Crippen LogP contribution < -0.4 is 10.2 Å². The molecular formula is C27H26Cl2FN3O3. The molecule has 0 bridgehead atoms. The summed E-state index contributed by atoms with van der Waals surface area (Å²) in [5.41, 5.74) is 5.66. The predicted molar refractivity (Wildman–Crippen MR) is 140 cm³/mol. The minimum absolute atomic E-state index is 0.0407. The monoisotopic (exact) mass is 529 g/mol. The van der Waals surface area contributed by atoms with Gasteiger partial charge in [0, 0.05) is 22.2 Å². The van der Waals surface area contributed by atoms with Crippen LogP contribution in [-0.2, 0) is 4.79 Å². The van der Waals surface area contributed by atoms with E-state index in [1.165, 1.54) is 17.1 Å². The second kappa shape index (κ2) is 10.3. The summed E-state index contributed by atoms with van der Waals surface area (Å²) in [6, 6.07) is 17.0. The zero-order valence-corrected chi connectivity index (χ0v) is 21.7. The molecule has 188 valence electrons. The summed E-state index contributed by atoms with van der Waals surface area (Å²) in [5, 5.41) is 12.4. The van der Waals surface area contributed by atoms with Crippen LogP contribution in [0.25, 0.3) is 5.70 Å². The van der Waals surface area contributed by atoms with E-state index in [-0.39, 0.29) is 22.4 Å². The van der Waals surface area contributed by atoms with E-state index < -0.39 is 18.0 Å². The number of para-hydroxylation sites is 1. The second-order valence-corrected chi connectivity index (χ2v) is 9.51. The number of carboxylic acids is 1. The molecule has 3 aromatic carbocycles. The Morgan fingerprint density at radius 3 is 2.47 bits per heavy atom. The molecule has 1 atom stereocenters. The van der Waals surface area contributed by atoms with Gasteiger partial charge in [-0.15, -0.1) is 0 Å². The third-order valence-corrected chi connectivity index (χ3v) is 6.57. The molecule has 1 aliphatic heterocycles. The summed E-state index contributed by atoms with van der Waals surface area (Å²) >= 11 is 12.2. The standard InChI is InChI=1S/C27H26Cl2FN3O3/c1-15(2)32-24(18-13-12-17(28)14-16(18)3)25(27(34)35)33(31-21-10-7-9-20(29)23(21)30)26(32)19-8-5-6-11-22(19)36-4/h5-15,26,31H,1-4H3,(H,34,35). The number of hydrogen-bond donors (Lipinski definition) is 2. The average Bonchev–Trinajstić information content (AvgIpc) is 3.16. The molecule has 0 saturated carbocycles. The fourth-order valence-corrected chi connectivity index (χ4v) is 4.92. The maximum absolute atomic E-state index is 15.0. The number of aryl methyl sites for hydroxylation is 1. The molecule has 2 N–H and O–H groups in total. The largest absolute Gasteiger partial charge is 0.496 e. The van der Waals surface area contributed by atoms with Gasteiger partial charge in [0.25, 0.3) is 0 Å². The maximum Gasteiger partial charge on any atom is 0.356 e. The van der Waals surface area contributed by atoms with Gasteiger partial charge >= 0.3 is 5.97 Å². The molecule has 9 heteroatoms. The van der Waals surface area contributed by atoms with Crippen LogP contribution in [0.1, 0.15) is 36.7 Å². The lowest BCUT2D eigenvalue weighted by molar-refractivity contribution is -0.134. The van der Waals surface area contributed by atoms with Gasteiger partial charge in [-0.25, -0.2) is 9.18 Å². The summed E-state index contributed by atoms with van der Waals surface area (Å²) in [5.74, 6) is -1.31. The molecule has 1 unspecified atom stereocenters. The SMILES string of the molecule is COc1ccccc1C1N(Nc2cccc(Cl)c2F)C(C(=O)O)=C(c2ccc(Cl)cc2C)N1C(C)C.